The summed E-state index contributed by atoms with van der Waals surface area (Å²) in [7, 11) is -2.07. The number of hydrogen-bond donors (Lipinski definition) is 1. The molecular formula is C37H56N4O6Si. The number of carbonyl (C=O) groups is 2. The van der Waals surface area contributed by atoms with E-state index in [4.69, 9.17) is 29.5 Å². The van der Waals surface area contributed by atoms with E-state index < -0.39 is 31.7 Å². The third-order valence-corrected chi connectivity index (χ3v) is 13.7. The lowest BCUT2D eigenvalue weighted by molar-refractivity contribution is 0.0131. The normalized spacial score (nSPS) is 14.8. The lowest BCUT2D eigenvalue weighted by Gasteiger charge is -2.36. The van der Waals surface area contributed by atoms with Gasteiger partial charge >= 0.3 is 12.2 Å². The highest BCUT2D eigenvalue weighted by Gasteiger charge is 2.35. The van der Waals surface area contributed by atoms with E-state index in [9.17, 15) is 9.59 Å². The van der Waals surface area contributed by atoms with E-state index in [1.165, 1.54) is 4.68 Å². The van der Waals surface area contributed by atoms with E-state index in [0.29, 0.717) is 22.9 Å². The van der Waals surface area contributed by atoms with Crippen LogP contribution in [0.4, 0.5) is 15.3 Å². The molecule has 48 heavy (non-hydrogen) atoms. The Morgan fingerprint density at radius 1 is 0.979 bits per heavy atom. The molecule has 1 atom stereocenters. The number of nitrogens with zero attached hydrogens (tertiary/aromatic N) is 3. The van der Waals surface area contributed by atoms with Gasteiger partial charge in [0.15, 0.2) is 8.32 Å². The van der Waals surface area contributed by atoms with Crippen molar-refractivity contribution in [3.63, 3.8) is 0 Å². The standard InChI is InChI=1S/C37H56N4O6Si/c1-10-48(11-2,12-3)47-32(27-17-14-18-28(38)23-27)25-40(34(42)45-36(4,5)6)21-22-44-29-19-20-30-31(24-29)41(35(43)46-37(7,8)9)39-33(30)26-15-13-16-26/h14,17-20,23-24,26,32H,10-13,15-16,21-22,25,38H2,1-9H3. The molecule has 2 N–H and O–H groups in total. The van der Waals surface area contributed by atoms with Crippen LogP contribution in [0.2, 0.25) is 18.1 Å². The first kappa shape index (κ1) is 37.2. The van der Waals surface area contributed by atoms with Crippen molar-refractivity contribution in [1.82, 2.24) is 14.7 Å². The van der Waals surface area contributed by atoms with Gasteiger partial charge in [-0.25, -0.2) is 9.59 Å². The Kier molecular flexibility index (Phi) is 11.9. The fraction of sp³-hybridized carbons (Fsp3) is 0.595. The highest BCUT2D eigenvalue weighted by Crippen LogP contribution is 2.40. The molecule has 1 heterocycles. The van der Waals surface area contributed by atoms with Crippen molar-refractivity contribution in [1.29, 1.82) is 0 Å². The molecule has 1 aromatic heterocycles. The van der Waals surface area contributed by atoms with Gasteiger partial charge in [-0.15, -0.1) is 0 Å². The maximum Gasteiger partial charge on any atom is 0.435 e. The van der Waals surface area contributed by atoms with Gasteiger partial charge < -0.3 is 29.3 Å². The van der Waals surface area contributed by atoms with Gasteiger partial charge in [-0.2, -0.15) is 9.78 Å². The summed E-state index contributed by atoms with van der Waals surface area (Å²) in [6.07, 6.45) is 1.92. The minimum absolute atomic E-state index is 0.197. The minimum Gasteiger partial charge on any atom is -0.492 e. The first-order chi connectivity index (χ1) is 22.6. The Hall–Kier alpha value is -3.57. The van der Waals surface area contributed by atoms with E-state index in [-0.39, 0.29) is 25.8 Å². The first-order valence-corrected chi connectivity index (χ1v) is 20.0. The van der Waals surface area contributed by atoms with Gasteiger partial charge in [0, 0.05) is 23.1 Å². The van der Waals surface area contributed by atoms with Crippen molar-refractivity contribution in [3.05, 3.63) is 53.7 Å². The Bertz CT molecular complexity index is 1540. The molecule has 1 aliphatic carbocycles. The van der Waals surface area contributed by atoms with Crippen molar-refractivity contribution in [2.75, 3.05) is 25.4 Å². The molecule has 0 spiro atoms. The number of amides is 1. The molecule has 4 rings (SSSR count). The predicted octanol–water partition coefficient (Wildman–Crippen LogP) is 9.05. The fourth-order valence-electron chi connectivity index (χ4n) is 5.97. The second-order valence-electron chi connectivity index (χ2n) is 14.9. The van der Waals surface area contributed by atoms with Gasteiger partial charge in [-0.05, 0) is 102 Å². The van der Waals surface area contributed by atoms with Crippen LogP contribution in [0.15, 0.2) is 42.5 Å². The number of carbonyl (C=O) groups excluding carboxylic acids is 2. The monoisotopic (exact) mass is 680 g/mol. The number of nitrogen functional groups attached to an aromatic ring is 1. The van der Waals surface area contributed by atoms with Crippen LogP contribution in [0, 0.1) is 0 Å². The summed E-state index contributed by atoms with van der Waals surface area (Å²) in [5.41, 5.74) is 8.00. The second kappa shape index (κ2) is 15.3. The number of anilines is 1. The van der Waals surface area contributed by atoms with Gasteiger partial charge in [0.25, 0.3) is 0 Å². The van der Waals surface area contributed by atoms with E-state index in [0.717, 1.165) is 54.0 Å². The minimum atomic E-state index is -2.07. The molecule has 0 aliphatic heterocycles. The summed E-state index contributed by atoms with van der Waals surface area (Å²) in [5, 5.41) is 5.64. The second-order valence-corrected chi connectivity index (χ2v) is 19.6. The highest BCUT2D eigenvalue weighted by molar-refractivity contribution is 6.73. The van der Waals surface area contributed by atoms with Crippen LogP contribution in [0.25, 0.3) is 10.9 Å². The van der Waals surface area contributed by atoms with E-state index >= 15 is 0 Å². The lowest BCUT2D eigenvalue weighted by Crippen LogP contribution is -2.45. The number of fused-ring (bicyclic) bond motifs is 1. The van der Waals surface area contributed by atoms with Crippen molar-refractivity contribution >= 4 is 37.1 Å². The highest BCUT2D eigenvalue weighted by atomic mass is 28.4. The van der Waals surface area contributed by atoms with E-state index in [1.54, 1.807) is 4.90 Å². The van der Waals surface area contributed by atoms with Crippen LogP contribution < -0.4 is 10.5 Å². The first-order valence-electron chi connectivity index (χ1n) is 17.5. The van der Waals surface area contributed by atoms with E-state index in [1.807, 2.05) is 84.0 Å². The molecule has 0 saturated heterocycles. The molecule has 3 aromatic rings. The average molecular weight is 681 g/mol. The van der Waals surface area contributed by atoms with Crippen LogP contribution in [0.1, 0.15) is 105 Å². The number of nitrogens with two attached hydrogens (primary N) is 1. The third kappa shape index (κ3) is 9.53. The Labute approximate surface area is 287 Å². The molecular weight excluding hydrogens is 625 g/mol. The van der Waals surface area contributed by atoms with Crippen molar-refractivity contribution < 1.29 is 28.2 Å². The summed E-state index contributed by atoms with van der Waals surface area (Å²) >= 11 is 0. The lowest BCUT2D eigenvalue weighted by atomic mass is 9.82. The molecule has 1 unspecified atom stereocenters. The molecule has 0 bridgehead atoms. The van der Waals surface area contributed by atoms with Gasteiger partial charge in [0.2, 0.25) is 0 Å². The van der Waals surface area contributed by atoms with Crippen LogP contribution in [0.3, 0.4) is 0 Å². The van der Waals surface area contributed by atoms with Gasteiger partial charge in [-0.3, -0.25) is 0 Å². The number of ether oxygens (including phenoxy) is 3. The van der Waals surface area contributed by atoms with Crippen molar-refractivity contribution in [3.8, 4) is 5.75 Å². The zero-order valence-corrected chi connectivity index (χ0v) is 31.4. The molecule has 10 nitrogen and oxygen atoms in total. The topological polar surface area (TPSA) is 118 Å². The number of benzene rings is 2. The SMILES string of the molecule is CC[Si](CC)(CC)OC(CN(CCOc1ccc2c(C3CCC3)nn(C(=O)OC(C)(C)C)c2c1)C(=O)OC(C)(C)C)c1cccc(N)c1. The summed E-state index contributed by atoms with van der Waals surface area (Å²) in [6, 6.07) is 16.3. The van der Waals surface area contributed by atoms with E-state index in [2.05, 4.69) is 20.8 Å². The molecule has 1 aliphatic rings. The van der Waals surface area contributed by atoms with Crippen LogP contribution in [-0.2, 0) is 13.9 Å². The smallest absolute Gasteiger partial charge is 0.435 e. The molecule has 264 valence electrons. The Morgan fingerprint density at radius 3 is 2.21 bits per heavy atom. The Balaban J connectivity index is 1.60. The van der Waals surface area contributed by atoms with Crippen molar-refractivity contribution in [2.24, 2.45) is 0 Å². The molecule has 2 aromatic carbocycles. The quantitative estimate of drug-likeness (QED) is 0.140. The fourth-order valence-corrected chi connectivity index (χ4v) is 8.78. The molecule has 0 radical (unpaired) electrons. The molecule has 1 amide bonds. The molecule has 11 heteroatoms. The maximum atomic E-state index is 13.6. The molecule has 1 fully saturated rings. The zero-order chi connectivity index (χ0) is 35.3. The third-order valence-electron chi connectivity index (χ3n) is 9.01. The maximum absolute atomic E-state index is 13.6. The number of aromatic nitrogens is 2. The van der Waals surface area contributed by atoms with Gasteiger partial charge in [0.1, 0.15) is 23.6 Å². The van der Waals surface area contributed by atoms with Gasteiger partial charge in [0.05, 0.1) is 30.4 Å². The zero-order valence-electron chi connectivity index (χ0n) is 30.4. The largest absolute Gasteiger partial charge is 0.492 e. The summed E-state index contributed by atoms with van der Waals surface area (Å²) in [4.78, 5) is 28.5. The van der Waals surface area contributed by atoms with Crippen LogP contribution in [-0.4, -0.2) is 66.1 Å². The van der Waals surface area contributed by atoms with Gasteiger partial charge in [-0.1, -0.05) is 39.3 Å². The van der Waals surface area contributed by atoms with Crippen molar-refractivity contribution in [2.45, 2.75) is 123 Å². The summed E-state index contributed by atoms with van der Waals surface area (Å²) in [6.45, 7) is 18.4. The number of hydrogen-bond acceptors (Lipinski definition) is 8. The molecule has 1 saturated carbocycles. The average Bonchev–Trinajstić information content (AvgIpc) is 3.34. The van der Waals surface area contributed by atoms with Crippen LogP contribution in [0.5, 0.6) is 5.75 Å². The Morgan fingerprint density at radius 2 is 1.65 bits per heavy atom. The summed E-state index contributed by atoms with van der Waals surface area (Å²) < 4.78 is 26.1. The summed E-state index contributed by atoms with van der Waals surface area (Å²) in [5.74, 6) is 0.893. The predicted molar refractivity (Wildman–Crippen MR) is 193 cm³/mol. The number of rotatable bonds is 13. The van der Waals surface area contributed by atoms with Crippen LogP contribution >= 0.6 is 0 Å².